The summed E-state index contributed by atoms with van der Waals surface area (Å²) in [6, 6.07) is 3.78. The lowest BCUT2D eigenvalue weighted by Gasteiger charge is -2.00. The average Bonchev–Trinajstić information content (AvgIpc) is 2.19. The van der Waals surface area contributed by atoms with Crippen LogP contribution in [0, 0.1) is 0 Å². The van der Waals surface area contributed by atoms with Crippen molar-refractivity contribution >= 4 is 0 Å². The van der Waals surface area contributed by atoms with Crippen LogP contribution in [0.15, 0.2) is 29.6 Å². The number of hydrogen-bond donors (Lipinski definition) is 0. The Morgan fingerprint density at radius 3 is 3.23 bits per heavy atom. The predicted molar refractivity (Wildman–Crippen MR) is 47.9 cm³/mol. The number of azide groups is 1. The van der Waals surface area contributed by atoms with E-state index in [0.29, 0.717) is 19.8 Å². The van der Waals surface area contributed by atoms with Gasteiger partial charge in [-0.05, 0) is 17.2 Å². The molecule has 0 aromatic carbocycles. The fourth-order valence-electron chi connectivity index (χ4n) is 0.824. The number of nitrogens with zero attached hydrogens (tertiary/aromatic N) is 4. The SMILES string of the molecule is [N-]=[N+]=NCCOCc1cccnc1. The van der Waals surface area contributed by atoms with E-state index in [1.807, 2.05) is 12.1 Å². The highest BCUT2D eigenvalue weighted by atomic mass is 16.5. The Morgan fingerprint density at radius 2 is 2.54 bits per heavy atom. The van der Waals surface area contributed by atoms with Crippen LogP contribution < -0.4 is 0 Å². The summed E-state index contributed by atoms with van der Waals surface area (Å²) in [5.41, 5.74) is 8.99. The topological polar surface area (TPSA) is 70.9 Å². The number of ether oxygens (including phenoxy) is 1. The van der Waals surface area contributed by atoms with E-state index >= 15 is 0 Å². The molecular weight excluding hydrogens is 168 g/mol. The van der Waals surface area contributed by atoms with Crippen LogP contribution in [0.3, 0.4) is 0 Å². The molecule has 0 N–H and O–H groups in total. The smallest absolute Gasteiger partial charge is 0.0731 e. The molecule has 1 rings (SSSR count). The normalized spacial score (nSPS) is 9.23. The Morgan fingerprint density at radius 1 is 1.62 bits per heavy atom. The van der Waals surface area contributed by atoms with Gasteiger partial charge in [-0.15, -0.1) is 0 Å². The summed E-state index contributed by atoms with van der Waals surface area (Å²) in [4.78, 5) is 6.55. The van der Waals surface area contributed by atoms with E-state index in [1.165, 1.54) is 0 Å². The van der Waals surface area contributed by atoms with Crippen LogP contribution in [0.1, 0.15) is 5.56 Å². The second-order valence-electron chi connectivity index (χ2n) is 2.37. The zero-order valence-electron chi connectivity index (χ0n) is 7.13. The zero-order chi connectivity index (χ0) is 9.36. The molecule has 68 valence electrons. The molecule has 0 bridgehead atoms. The molecule has 0 saturated carbocycles. The molecule has 13 heavy (non-hydrogen) atoms. The standard InChI is InChI=1S/C8H10N4O/c9-12-11-4-5-13-7-8-2-1-3-10-6-8/h1-3,6H,4-5,7H2. The summed E-state index contributed by atoms with van der Waals surface area (Å²) in [6.45, 7) is 1.32. The maximum Gasteiger partial charge on any atom is 0.0731 e. The van der Waals surface area contributed by atoms with Gasteiger partial charge in [0, 0.05) is 23.9 Å². The van der Waals surface area contributed by atoms with E-state index < -0.39 is 0 Å². The second-order valence-corrected chi connectivity index (χ2v) is 2.37. The molecule has 0 aliphatic carbocycles. The van der Waals surface area contributed by atoms with Crippen molar-refractivity contribution < 1.29 is 4.74 Å². The molecule has 1 aromatic heterocycles. The molecule has 0 aliphatic heterocycles. The maximum atomic E-state index is 7.98. The molecule has 5 nitrogen and oxygen atoms in total. The van der Waals surface area contributed by atoms with Crippen LogP contribution in [0.25, 0.3) is 10.4 Å². The molecule has 5 heteroatoms. The molecule has 0 fully saturated rings. The van der Waals surface area contributed by atoms with E-state index in [0.717, 1.165) is 5.56 Å². The quantitative estimate of drug-likeness (QED) is 0.299. The van der Waals surface area contributed by atoms with Crippen LogP contribution >= 0.6 is 0 Å². The van der Waals surface area contributed by atoms with Gasteiger partial charge in [-0.1, -0.05) is 11.2 Å². The van der Waals surface area contributed by atoms with Gasteiger partial charge in [0.15, 0.2) is 0 Å². The van der Waals surface area contributed by atoms with E-state index in [9.17, 15) is 0 Å². The van der Waals surface area contributed by atoms with Gasteiger partial charge in [0.1, 0.15) is 0 Å². The monoisotopic (exact) mass is 178 g/mol. The first-order chi connectivity index (χ1) is 6.43. The van der Waals surface area contributed by atoms with Crippen LogP contribution in [0.5, 0.6) is 0 Å². The fourth-order valence-corrected chi connectivity index (χ4v) is 0.824. The van der Waals surface area contributed by atoms with Crippen molar-refractivity contribution in [2.45, 2.75) is 6.61 Å². The highest BCUT2D eigenvalue weighted by molar-refractivity contribution is 5.06. The Balaban J connectivity index is 2.17. The van der Waals surface area contributed by atoms with Crippen LogP contribution in [0.2, 0.25) is 0 Å². The molecule has 1 heterocycles. The van der Waals surface area contributed by atoms with Crippen molar-refractivity contribution in [3.63, 3.8) is 0 Å². The molecule has 0 spiro atoms. The number of aromatic nitrogens is 1. The van der Waals surface area contributed by atoms with Gasteiger partial charge in [-0.25, -0.2) is 0 Å². The Bertz CT molecular complexity index is 281. The zero-order valence-corrected chi connectivity index (χ0v) is 7.13. The van der Waals surface area contributed by atoms with Crippen molar-refractivity contribution in [3.8, 4) is 0 Å². The van der Waals surface area contributed by atoms with Gasteiger partial charge in [0.25, 0.3) is 0 Å². The third-order valence-electron chi connectivity index (χ3n) is 1.39. The summed E-state index contributed by atoms with van der Waals surface area (Å²) in [5.74, 6) is 0. The first kappa shape index (κ1) is 9.51. The summed E-state index contributed by atoms with van der Waals surface area (Å²) < 4.78 is 5.22. The second kappa shape index (κ2) is 5.99. The van der Waals surface area contributed by atoms with E-state index in [1.54, 1.807) is 12.4 Å². The lowest BCUT2D eigenvalue weighted by molar-refractivity contribution is 0.128. The van der Waals surface area contributed by atoms with E-state index in [-0.39, 0.29) is 0 Å². The van der Waals surface area contributed by atoms with Crippen molar-refractivity contribution in [2.24, 2.45) is 5.11 Å². The average molecular weight is 178 g/mol. The maximum absolute atomic E-state index is 7.98. The molecule has 1 aromatic rings. The van der Waals surface area contributed by atoms with Crippen molar-refractivity contribution in [3.05, 3.63) is 40.5 Å². The number of hydrogen-bond acceptors (Lipinski definition) is 3. The molecule has 0 radical (unpaired) electrons. The highest BCUT2D eigenvalue weighted by Crippen LogP contribution is 1.97. The van der Waals surface area contributed by atoms with Crippen molar-refractivity contribution in [1.82, 2.24) is 4.98 Å². The van der Waals surface area contributed by atoms with E-state index in [2.05, 4.69) is 15.0 Å². The molecule has 0 unspecified atom stereocenters. The summed E-state index contributed by atoms with van der Waals surface area (Å²) >= 11 is 0. The highest BCUT2D eigenvalue weighted by Gasteiger charge is 1.90. The first-order valence-corrected chi connectivity index (χ1v) is 3.91. The van der Waals surface area contributed by atoms with Crippen LogP contribution in [-0.4, -0.2) is 18.1 Å². The largest absolute Gasteiger partial charge is 0.377 e. The summed E-state index contributed by atoms with van der Waals surface area (Å²) in [7, 11) is 0. The Kier molecular flexibility index (Phi) is 4.38. The predicted octanol–water partition coefficient (Wildman–Crippen LogP) is 1.91. The first-order valence-electron chi connectivity index (χ1n) is 3.91. The third-order valence-corrected chi connectivity index (χ3v) is 1.39. The molecule has 0 amide bonds. The Hall–Kier alpha value is -1.58. The lowest BCUT2D eigenvalue weighted by Crippen LogP contribution is -1.97. The van der Waals surface area contributed by atoms with E-state index in [4.69, 9.17) is 10.3 Å². The van der Waals surface area contributed by atoms with Gasteiger partial charge >= 0.3 is 0 Å². The minimum atomic E-state index is 0.372. The van der Waals surface area contributed by atoms with Crippen LogP contribution in [-0.2, 0) is 11.3 Å². The summed E-state index contributed by atoms with van der Waals surface area (Å²) in [6.07, 6.45) is 3.46. The summed E-state index contributed by atoms with van der Waals surface area (Å²) in [5, 5.41) is 3.34. The molecular formula is C8H10N4O. The number of rotatable bonds is 5. The van der Waals surface area contributed by atoms with Gasteiger partial charge in [-0.3, -0.25) is 4.98 Å². The van der Waals surface area contributed by atoms with Gasteiger partial charge in [0.05, 0.1) is 13.2 Å². The molecule has 0 saturated heterocycles. The Labute approximate surface area is 76.0 Å². The third kappa shape index (κ3) is 4.10. The number of pyridine rings is 1. The van der Waals surface area contributed by atoms with Crippen LogP contribution in [0.4, 0.5) is 0 Å². The lowest BCUT2D eigenvalue weighted by atomic mass is 10.3. The minimum absolute atomic E-state index is 0.372. The van der Waals surface area contributed by atoms with Crippen molar-refractivity contribution in [1.29, 1.82) is 0 Å². The minimum Gasteiger partial charge on any atom is -0.377 e. The van der Waals surface area contributed by atoms with Crippen molar-refractivity contribution in [2.75, 3.05) is 13.2 Å². The fraction of sp³-hybridized carbons (Fsp3) is 0.375. The van der Waals surface area contributed by atoms with Gasteiger partial charge in [-0.2, -0.15) is 0 Å². The van der Waals surface area contributed by atoms with Gasteiger partial charge < -0.3 is 4.74 Å². The van der Waals surface area contributed by atoms with Gasteiger partial charge in [0.2, 0.25) is 0 Å². The molecule has 0 aliphatic rings. The molecule has 0 atom stereocenters.